The number of hydrogen-bond acceptors (Lipinski definition) is 2. The van der Waals surface area contributed by atoms with Gasteiger partial charge in [-0.15, -0.1) is 0 Å². The molecule has 2 aromatic rings. The van der Waals surface area contributed by atoms with Crippen LogP contribution >= 0.6 is 0 Å². The van der Waals surface area contributed by atoms with E-state index in [1.54, 1.807) is 11.8 Å². The number of nitrogens with zero attached hydrogens (tertiary/aromatic N) is 1. The van der Waals surface area contributed by atoms with Gasteiger partial charge in [0.15, 0.2) is 0 Å². The van der Waals surface area contributed by atoms with E-state index >= 15 is 0 Å². The summed E-state index contributed by atoms with van der Waals surface area (Å²) in [6.45, 7) is 4.30. The SMILES string of the molecule is CC(=O)N1CCCc2ccc(NC(=O)c3ccc(C)cc3)cc21. The summed E-state index contributed by atoms with van der Waals surface area (Å²) in [5, 5.41) is 2.91. The summed E-state index contributed by atoms with van der Waals surface area (Å²) in [6, 6.07) is 13.2. The van der Waals surface area contributed by atoms with Gasteiger partial charge in [-0.1, -0.05) is 23.8 Å². The largest absolute Gasteiger partial charge is 0.322 e. The number of rotatable bonds is 2. The summed E-state index contributed by atoms with van der Waals surface area (Å²) in [5.74, 6) is -0.108. The Labute approximate surface area is 136 Å². The average Bonchev–Trinajstić information content (AvgIpc) is 2.54. The quantitative estimate of drug-likeness (QED) is 0.922. The smallest absolute Gasteiger partial charge is 0.255 e. The van der Waals surface area contributed by atoms with E-state index in [2.05, 4.69) is 5.32 Å². The van der Waals surface area contributed by atoms with E-state index in [0.717, 1.165) is 36.2 Å². The van der Waals surface area contributed by atoms with E-state index in [4.69, 9.17) is 0 Å². The Morgan fingerprint density at radius 1 is 1.09 bits per heavy atom. The van der Waals surface area contributed by atoms with Gasteiger partial charge in [0, 0.05) is 30.4 Å². The summed E-state index contributed by atoms with van der Waals surface area (Å²) in [5.41, 5.74) is 4.51. The Morgan fingerprint density at radius 3 is 2.52 bits per heavy atom. The lowest BCUT2D eigenvalue weighted by Crippen LogP contribution is -2.33. The van der Waals surface area contributed by atoms with Crippen molar-refractivity contribution >= 4 is 23.2 Å². The van der Waals surface area contributed by atoms with Gasteiger partial charge < -0.3 is 10.2 Å². The number of fused-ring (bicyclic) bond motifs is 1. The fourth-order valence-corrected chi connectivity index (χ4v) is 2.89. The molecule has 118 valence electrons. The number of aryl methyl sites for hydroxylation is 2. The molecule has 0 spiro atoms. The number of hydrogen-bond donors (Lipinski definition) is 1. The molecule has 1 aliphatic rings. The molecule has 0 saturated carbocycles. The summed E-state index contributed by atoms with van der Waals surface area (Å²) < 4.78 is 0. The van der Waals surface area contributed by atoms with Gasteiger partial charge in [0.25, 0.3) is 5.91 Å². The van der Waals surface area contributed by atoms with Gasteiger partial charge >= 0.3 is 0 Å². The number of carbonyl (C=O) groups is 2. The van der Waals surface area contributed by atoms with Gasteiger partial charge in [0.1, 0.15) is 0 Å². The van der Waals surface area contributed by atoms with Gasteiger partial charge in [-0.25, -0.2) is 0 Å². The minimum Gasteiger partial charge on any atom is -0.322 e. The Bertz CT molecular complexity index is 750. The van der Waals surface area contributed by atoms with Gasteiger partial charge in [-0.3, -0.25) is 9.59 Å². The number of carbonyl (C=O) groups excluding carboxylic acids is 2. The highest BCUT2D eigenvalue weighted by Gasteiger charge is 2.20. The van der Waals surface area contributed by atoms with Crippen molar-refractivity contribution in [1.29, 1.82) is 0 Å². The molecule has 0 fully saturated rings. The monoisotopic (exact) mass is 308 g/mol. The first-order valence-electron chi connectivity index (χ1n) is 7.83. The van der Waals surface area contributed by atoms with Gasteiger partial charge in [-0.2, -0.15) is 0 Å². The van der Waals surface area contributed by atoms with Crippen LogP contribution in [0.5, 0.6) is 0 Å². The van der Waals surface area contributed by atoms with Crippen molar-refractivity contribution in [2.75, 3.05) is 16.8 Å². The molecular formula is C19H20N2O2. The van der Waals surface area contributed by atoms with Gasteiger partial charge in [0.2, 0.25) is 5.91 Å². The van der Waals surface area contributed by atoms with Crippen LogP contribution in [-0.4, -0.2) is 18.4 Å². The normalized spacial score (nSPS) is 13.4. The van der Waals surface area contributed by atoms with E-state index in [-0.39, 0.29) is 11.8 Å². The lowest BCUT2D eigenvalue weighted by molar-refractivity contribution is -0.116. The second-order valence-electron chi connectivity index (χ2n) is 5.94. The Balaban J connectivity index is 1.84. The lowest BCUT2D eigenvalue weighted by atomic mass is 10.0. The molecule has 0 saturated heterocycles. The third-order valence-corrected chi connectivity index (χ3v) is 4.16. The van der Waals surface area contributed by atoms with E-state index in [0.29, 0.717) is 11.3 Å². The summed E-state index contributed by atoms with van der Waals surface area (Å²) >= 11 is 0. The predicted octanol–water partition coefficient (Wildman–Crippen LogP) is 3.55. The van der Waals surface area contributed by atoms with Crippen LogP contribution in [0.25, 0.3) is 0 Å². The molecule has 4 heteroatoms. The molecule has 2 amide bonds. The van der Waals surface area contributed by atoms with E-state index in [9.17, 15) is 9.59 Å². The standard InChI is InChI=1S/C19H20N2O2/c1-13-5-7-16(8-6-13)19(23)20-17-10-9-15-4-3-11-21(14(2)22)18(15)12-17/h5-10,12H,3-4,11H2,1-2H3,(H,20,23). The molecule has 0 aromatic heterocycles. The van der Waals surface area contributed by atoms with Crippen molar-refractivity contribution in [3.05, 3.63) is 59.2 Å². The molecule has 0 bridgehead atoms. The Morgan fingerprint density at radius 2 is 1.83 bits per heavy atom. The fraction of sp³-hybridized carbons (Fsp3) is 0.263. The fourth-order valence-electron chi connectivity index (χ4n) is 2.89. The van der Waals surface area contributed by atoms with Crippen LogP contribution in [0.4, 0.5) is 11.4 Å². The van der Waals surface area contributed by atoms with Crippen LogP contribution < -0.4 is 10.2 Å². The predicted molar refractivity (Wildman–Crippen MR) is 91.9 cm³/mol. The van der Waals surface area contributed by atoms with Crippen molar-refractivity contribution < 1.29 is 9.59 Å². The summed E-state index contributed by atoms with van der Waals surface area (Å²) in [7, 11) is 0. The average molecular weight is 308 g/mol. The number of amides is 2. The molecule has 1 aliphatic heterocycles. The second-order valence-corrected chi connectivity index (χ2v) is 5.94. The maximum Gasteiger partial charge on any atom is 0.255 e. The van der Waals surface area contributed by atoms with Crippen molar-refractivity contribution in [2.24, 2.45) is 0 Å². The highest BCUT2D eigenvalue weighted by atomic mass is 16.2. The van der Waals surface area contributed by atoms with Crippen molar-refractivity contribution in [1.82, 2.24) is 0 Å². The minimum atomic E-state index is -0.143. The van der Waals surface area contributed by atoms with Crippen LogP contribution in [0.3, 0.4) is 0 Å². The topological polar surface area (TPSA) is 49.4 Å². The van der Waals surface area contributed by atoms with Crippen LogP contribution in [-0.2, 0) is 11.2 Å². The van der Waals surface area contributed by atoms with Crippen molar-refractivity contribution in [2.45, 2.75) is 26.7 Å². The highest BCUT2D eigenvalue weighted by Crippen LogP contribution is 2.30. The van der Waals surface area contributed by atoms with E-state index < -0.39 is 0 Å². The molecule has 4 nitrogen and oxygen atoms in total. The number of benzene rings is 2. The first-order chi connectivity index (χ1) is 11.0. The zero-order chi connectivity index (χ0) is 16.4. The maximum atomic E-state index is 12.3. The minimum absolute atomic E-state index is 0.0351. The molecule has 2 aromatic carbocycles. The summed E-state index contributed by atoms with van der Waals surface area (Å²) in [6.07, 6.45) is 1.94. The molecule has 23 heavy (non-hydrogen) atoms. The van der Waals surface area contributed by atoms with Gasteiger partial charge in [-0.05, 0) is 49.6 Å². The third kappa shape index (κ3) is 3.26. The molecule has 0 unspecified atom stereocenters. The van der Waals surface area contributed by atoms with E-state index in [1.807, 2.05) is 49.4 Å². The molecule has 1 heterocycles. The van der Waals surface area contributed by atoms with Crippen LogP contribution in [0.2, 0.25) is 0 Å². The number of nitrogens with one attached hydrogen (secondary N) is 1. The molecule has 0 radical (unpaired) electrons. The van der Waals surface area contributed by atoms with E-state index in [1.165, 1.54) is 0 Å². The zero-order valence-corrected chi connectivity index (χ0v) is 13.4. The first-order valence-corrected chi connectivity index (χ1v) is 7.83. The second kappa shape index (κ2) is 6.24. The molecule has 1 N–H and O–H groups in total. The highest BCUT2D eigenvalue weighted by molar-refractivity contribution is 6.05. The summed E-state index contributed by atoms with van der Waals surface area (Å²) in [4.78, 5) is 25.9. The molecule has 3 rings (SSSR count). The maximum absolute atomic E-state index is 12.3. The number of anilines is 2. The third-order valence-electron chi connectivity index (χ3n) is 4.16. The molecular weight excluding hydrogens is 288 g/mol. The zero-order valence-electron chi connectivity index (χ0n) is 13.4. The van der Waals surface area contributed by atoms with Crippen molar-refractivity contribution in [3.63, 3.8) is 0 Å². The molecule has 0 atom stereocenters. The van der Waals surface area contributed by atoms with Gasteiger partial charge in [0.05, 0.1) is 0 Å². The Kier molecular flexibility index (Phi) is 4.15. The van der Waals surface area contributed by atoms with Crippen LogP contribution in [0.15, 0.2) is 42.5 Å². The van der Waals surface area contributed by atoms with Crippen LogP contribution in [0.1, 0.15) is 34.8 Å². The lowest BCUT2D eigenvalue weighted by Gasteiger charge is -2.29. The molecule has 0 aliphatic carbocycles. The van der Waals surface area contributed by atoms with Crippen molar-refractivity contribution in [3.8, 4) is 0 Å². The first kappa shape index (κ1) is 15.3. The Hall–Kier alpha value is -2.62. The van der Waals surface area contributed by atoms with Crippen LogP contribution in [0, 0.1) is 6.92 Å².